The van der Waals surface area contributed by atoms with Gasteiger partial charge in [-0.2, -0.15) is 0 Å². The molecule has 24 heavy (non-hydrogen) atoms. The maximum absolute atomic E-state index is 12.5. The van der Waals surface area contributed by atoms with Crippen LogP contribution in [0.3, 0.4) is 0 Å². The first kappa shape index (κ1) is 17.7. The van der Waals surface area contributed by atoms with Gasteiger partial charge in [0, 0.05) is 28.9 Å². The van der Waals surface area contributed by atoms with E-state index in [-0.39, 0.29) is 11.8 Å². The Morgan fingerprint density at radius 1 is 1.04 bits per heavy atom. The largest absolute Gasteiger partial charge is 0.389 e. The van der Waals surface area contributed by atoms with Crippen LogP contribution in [0.1, 0.15) is 52.7 Å². The highest BCUT2D eigenvalue weighted by molar-refractivity contribution is 6.06. The second-order valence-corrected chi connectivity index (χ2v) is 5.55. The highest BCUT2D eigenvalue weighted by Gasteiger charge is 2.13. The molecule has 0 aliphatic carbocycles. The van der Waals surface area contributed by atoms with Crippen molar-refractivity contribution in [2.75, 3.05) is 11.9 Å². The van der Waals surface area contributed by atoms with Gasteiger partial charge in [-0.15, -0.1) is 0 Å². The monoisotopic (exact) mass is 326 g/mol. The van der Waals surface area contributed by atoms with Crippen LogP contribution in [0.25, 0.3) is 0 Å². The van der Waals surface area contributed by atoms with E-state index in [1.54, 1.807) is 55.5 Å². The van der Waals surface area contributed by atoms with Crippen LogP contribution >= 0.6 is 0 Å². The zero-order chi connectivity index (χ0) is 17.5. The lowest BCUT2D eigenvalue weighted by Crippen LogP contribution is -2.24. The Balaban J connectivity index is 2.18. The number of benzene rings is 2. The molecule has 2 rings (SSSR count). The lowest BCUT2D eigenvalue weighted by atomic mass is 10.1. The van der Waals surface area contributed by atoms with Crippen LogP contribution in [0.5, 0.6) is 0 Å². The van der Waals surface area contributed by atoms with Gasteiger partial charge < -0.3 is 15.7 Å². The predicted octanol–water partition coefficient (Wildman–Crippen LogP) is 3.13. The topological polar surface area (TPSA) is 78.4 Å². The summed E-state index contributed by atoms with van der Waals surface area (Å²) in [6.07, 6.45) is 0.162. The summed E-state index contributed by atoms with van der Waals surface area (Å²) in [6.45, 7) is 4.21. The third-order valence-corrected chi connectivity index (χ3v) is 3.58. The number of nitrogens with one attached hydrogen (secondary N) is 2. The van der Waals surface area contributed by atoms with Gasteiger partial charge in [0.15, 0.2) is 0 Å². The van der Waals surface area contributed by atoms with E-state index >= 15 is 0 Å². The molecule has 0 aliphatic rings. The van der Waals surface area contributed by atoms with E-state index in [1.165, 1.54) is 0 Å². The molecule has 2 aromatic rings. The fourth-order valence-electron chi connectivity index (χ4n) is 2.31. The average molecular weight is 326 g/mol. The Labute approximate surface area is 141 Å². The van der Waals surface area contributed by atoms with Crippen molar-refractivity contribution in [2.45, 2.75) is 26.4 Å². The lowest BCUT2D eigenvalue weighted by Gasteiger charge is -2.13. The van der Waals surface area contributed by atoms with Crippen molar-refractivity contribution in [3.05, 3.63) is 65.2 Å². The van der Waals surface area contributed by atoms with Gasteiger partial charge in [-0.3, -0.25) is 9.59 Å². The van der Waals surface area contributed by atoms with Gasteiger partial charge >= 0.3 is 0 Å². The smallest absolute Gasteiger partial charge is 0.255 e. The quantitative estimate of drug-likeness (QED) is 0.763. The third-order valence-electron chi connectivity index (χ3n) is 3.58. The molecular formula is C19H22N2O3. The Morgan fingerprint density at radius 3 is 2.38 bits per heavy atom. The maximum atomic E-state index is 12.5. The van der Waals surface area contributed by atoms with E-state index < -0.39 is 6.10 Å². The highest BCUT2D eigenvalue weighted by Crippen LogP contribution is 2.22. The van der Waals surface area contributed by atoms with E-state index in [0.717, 1.165) is 6.42 Å². The molecule has 0 radical (unpaired) electrons. The number of para-hydroxylation sites is 1. The van der Waals surface area contributed by atoms with Crippen molar-refractivity contribution >= 4 is 17.5 Å². The fraction of sp³-hybridized carbons (Fsp3) is 0.263. The Morgan fingerprint density at radius 2 is 1.71 bits per heavy atom. The van der Waals surface area contributed by atoms with E-state index in [4.69, 9.17) is 0 Å². The SMILES string of the molecule is CCCNC(=O)c1cccc(C(=O)Nc2ccccc2C(C)O)c1. The first-order valence-corrected chi connectivity index (χ1v) is 7.99. The Kier molecular flexibility index (Phi) is 6.09. The first-order chi connectivity index (χ1) is 11.5. The number of carbonyl (C=O) groups is 2. The first-order valence-electron chi connectivity index (χ1n) is 7.99. The van der Waals surface area contributed by atoms with Crippen LogP contribution in [0.15, 0.2) is 48.5 Å². The van der Waals surface area contributed by atoms with Gasteiger partial charge in [-0.25, -0.2) is 0 Å². The summed E-state index contributed by atoms with van der Waals surface area (Å²) in [5, 5.41) is 15.4. The van der Waals surface area contributed by atoms with Gasteiger partial charge in [0.1, 0.15) is 0 Å². The maximum Gasteiger partial charge on any atom is 0.255 e. The zero-order valence-electron chi connectivity index (χ0n) is 13.9. The second kappa shape index (κ2) is 8.26. The summed E-state index contributed by atoms with van der Waals surface area (Å²) >= 11 is 0. The van der Waals surface area contributed by atoms with Gasteiger partial charge in [-0.1, -0.05) is 31.2 Å². The molecule has 0 aliphatic heterocycles. The summed E-state index contributed by atoms with van der Waals surface area (Å²) in [5.41, 5.74) is 2.03. The van der Waals surface area contributed by atoms with Gasteiger partial charge in [0.2, 0.25) is 0 Å². The molecule has 0 heterocycles. The van der Waals surface area contributed by atoms with Crippen molar-refractivity contribution in [3.8, 4) is 0 Å². The molecule has 126 valence electrons. The molecule has 0 spiro atoms. The number of carbonyl (C=O) groups excluding carboxylic acids is 2. The molecule has 0 saturated heterocycles. The summed E-state index contributed by atoms with van der Waals surface area (Å²) in [4.78, 5) is 24.5. The lowest BCUT2D eigenvalue weighted by molar-refractivity contribution is 0.0953. The van der Waals surface area contributed by atoms with E-state index in [9.17, 15) is 14.7 Å². The number of aliphatic hydroxyl groups excluding tert-OH is 1. The second-order valence-electron chi connectivity index (χ2n) is 5.55. The minimum absolute atomic E-state index is 0.198. The average Bonchev–Trinajstić information content (AvgIpc) is 2.60. The molecule has 5 nitrogen and oxygen atoms in total. The summed E-state index contributed by atoms with van der Waals surface area (Å²) in [7, 11) is 0. The normalized spacial score (nSPS) is 11.6. The molecule has 3 N–H and O–H groups in total. The molecule has 0 bridgehead atoms. The number of hydrogen-bond donors (Lipinski definition) is 3. The van der Waals surface area contributed by atoms with Crippen LogP contribution in [-0.2, 0) is 0 Å². The summed E-state index contributed by atoms with van der Waals surface area (Å²) < 4.78 is 0. The number of amides is 2. The predicted molar refractivity (Wildman–Crippen MR) is 94.1 cm³/mol. The van der Waals surface area contributed by atoms with E-state index in [2.05, 4.69) is 10.6 Å². The molecule has 0 saturated carbocycles. The number of aliphatic hydroxyl groups is 1. The molecular weight excluding hydrogens is 304 g/mol. The summed E-state index contributed by atoms with van der Waals surface area (Å²) in [5.74, 6) is -0.524. The highest BCUT2D eigenvalue weighted by atomic mass is 16.3. The molecule has 5 heteroatoms. The number of rotatable bonds is 6. The Hall–Kier alpha value is -2.66. The standard InChI is InChI=1S/C19H22N2O3/c1-3-11-20-18(23)14-7-6-8-15(12-14)19(24)21-17-10-5-4-9-16(17)13(2)22/h4-10,12-13,22H,3,11H2,1-2H3,(H,20,23)(H,21,24). The van der Waals surface area contributed by atoms with Gasteiger partial charge in [-0.05, 0) is 37.6 Å². The Bertz CT molecular complexity index is 726. The molecule has 2 amide bonds. The van der Waals surface area contributed by atoms with Crippen LogP contribution < -0.4 is 10.6 Å². The molecule has 0 aromatic heterocycles. The van der Waals surface area contributed by atoms with Crippen molar-refractivity contribution in [2.24, 2.45) is 0 Å². The number of hydrogen-bond acceptors (Lipinski definition) is 3. The van der Waals surface area contributed by atoms with E-state index in [0.29, 0.717) is 28.9 Å². The van der Waals surface area contributed by atoms with Gasteiger partial charge in [0.05, 0.1) is 6.10 Å². The zero-order valence-corrected chi connectivity index (χ0v) is 13.9. The molecule has 0 fully saturated rings. The van der Waals surface area contributed by atoms with Crippen LogP contribution in [0.4, 0.5) is 5.69 Å². The summed E-state index contributed by atoms with van der Waals surface area (Å²) in [6, 6.07) is 13.6. The third kappa shape index (κ3) is 4.43. The van der Waals surface area contributed by atoms with Crippen molar-refractivity contribution < 1.29 is 14.7 Å². The van der Waals surface area contributed by atoms with Crippen LogP contribution in [0, 0.1) is 0 Å². The van der Waals surface area contributed by atoms with Crippen molar-refractivity contribution in [1.29, 1.82) is 0 Å². The van der Waals surface area contributed by atoms with Crippen molar-refractivity contribution in [3.63, 3.8) is 0 Å². The fourth-order valence-corrected chi connectivity index (χ4v) is 2.31. The van der Waals surface area contributed by atoms with Crippen LogP contribution in [0.2, 0.25) is 0 Å². The minimum Gasteiger partial charge on any atom is -0.389 e. The van der Waals surface area contributed by atoms with Gasteiger partial charge in [0.25, 0.3) is 11.8 Å². The van der Waals surface area contributed by atoms with E-state index in [1.807, 2.05) is 6.92 Å². The van der Waals surface area contributed by atoms with Crippen molar-refractivity contribution in [1.82, 2.24) is 5.32 Å². The molecule has 1 unspecified atom stereocenters. The molecule has 1 atom stereocenters. The van der Waals surface area contributed by atoms with Crippen LogP contribution in [-0.4, -0.2) is 23.5 Å². The minimum atomic E-state index is -0.687. The molecule has 2 aromatic carbocycles. The number of anilines is 1.